The summed E-state index contributed by atoms with van der Waals surface area (Å²) in [6, 6.07) is 0. The number of hydrogen-bond donors (Lipinski definition) is 0. The third-order valence-corrected chi connectivity index (χ3v) is 4.38. The van der Waals surface area contributed by atoms with Crippen LogP contribution in [0.15, 0.2) is 25.3 Å². The molecule has 0 amide bonds. The van der Waals surface area contributed by atoms with Gasteiger partial charge in [0.05, 0.1) is 12.2 Å². The lowest BCUT2D eigenvalue weighted by Crippen LogP contribution is -2.24. The van der Waals surface area contributed by atoms with E-state index >= 15 is 0 Å². The van der Waals surface area contributed by atoms with Gasteiger partial charge < -0.3 is 14.2 Å². The fourth-order valence-corrected chi connectivity index (χ4v) is 3.10. The van der Waals surface area contributed by atoms with Gasteiger partial charge >= 0.3 is 5.97 Å². The third-order valence-electron chi connectivity index (χ3n) is 4.38. The van der Waals surface area contributed by atoms with Crippen LogP contribution in [0.2, 0.25) is 0 Å². The van der Waals surface area contributed by atoms with Crippen LogP contribution in [0.4, 0.5) is 0 Å². The number of Topliss-reactive ketones (excluding diaryl/α,β-unsaturated/α-hetero) is 1. The maximum absolute atomic E-state index is 12.4. The monoisotopic (exact) mass is 338 g/mol. The van der Waals surface area contributed by atoms with Crippen LogP contribution in [-0.4, -0.2) is 37.9 Å². The summed E-state index contributed by atoms with van der Waals surface area (Å²) in [5.41, 5.74) is 0. The summed E-state index contributed by atoms with van der Waals surface area (Å²) in [4.78, 5) is 24.4. The van der Waals surface area contributed by atoms with E-state index in [1.165, 1.54) is 0 Å². The van der Waals surface area contributed by atoms with Gasteiger partial charge in [0.25, 0.3) is 0 Å². The average Bonchev–Trinajstić information content (AvgIpc) is 2.96. The Labute approximate surface area is 145 Å². The molecule has 0 radical (unpaired) electrons. The number of esters is 1. The van der Waals surface area contributed by atoms with E-state index in [2.05, 4.69) is 13.2 Å². The second-order valence-corrected chi connectivity index (χ2v) is 6.34. The lowest BCUT2D eigenvalue weighted by atomic mass is 9.90. The molecular formula is C19H30O5. The molecule has 24 heavy (non-hydrogen) atoms. The minimum absolute atomic E-state index is 0.0317. The van der Waals surface area contributed by atoms with Crippen LogP contribution in [0.1, 0.15) is 45.4 Å². The fraction of sp³-hybridized carbons (Fsp3) is 0.684. The highest BCUT2D eigenvalue weighted by Gasteiger charge is 2.38. The molecule has 4 atom stereocenters. The van der Waals surface area contributed by atoms with Crippen LogP contribution in [0.5, 0.6) is 0 Å². The molecule has 0 aromatic rings. The minimum atomic E-state index is -0.449. The van der Waals surface area contributed by atoms with Gasteiger partial charge in [0, 0.05) is 13.0 Å². The molecule has 1 fully saturated rings. The number of methoxy groups -OCH3 is 1. The van der Waals surface area contributed by atoms with Crippen molar-refractivity contribution < 1.29 is 23.8 Å². The summed E-state index contributed by atoms with van der Waals surface area (Å²) in [5.74, 6) is -0.730. The Bertz CT molecular complexity index is 431. The largest absolute Gasteiger partial charge is 0.462 e. The molecule has 0 unspecified atom stereocenters. The molecule has 5 nitrogen and oxygen atoms in total. The van der Waals surface area contributed by atoms with Gasteiger partial charge in [-0.2, -0.15) is 0 Å². The molecule has 1 saturated carbocycles. The molecule has 1 rings (SSSR count). The standard InChI is InChI=1S/C19H30O5/c1-5-7-8-9-14(3)24-19(21)12-18(20)17-11-16(23-13-22-4)10-15(17)6-2/h5-6,14-17H,1-2,7-13H2,3-4H3/t14-,15+,16-,17+/m0/s1. The Morgan fingerprint density at radius 2 is 2.04 bits per heavy atom. The van der Waals surface area contributed by atoms with Gasteiger partial charge in [-0.05, 0) is 44.9 Å². The molecule has 0 saturated heterocycles. The molecular weight excluding hydrogens is 308 g/mol. The second-order valence-electron chi connectivity index (χ2n) is 6.34. The van der Waals surface area contributed by atoms with E-state index in [1.807, 2.05) is 13.0 Å². The molecule has 0 N–H and O–H groups in total. The summed E-state index contributed by atoms with van der Waals surface area (Å²) >= 11 is 0. The zero-order valence-corrected chi connectivity index (χ0v) is 14.9. The number of unbranched alkanes of at least 4 members (excludes halogenated alkanes) is 1. The normalized spacial score (nSPS) is 24.3. The van der Waals surface area contributed by atoms with Gasteiger partial charge in [0.2, 0.25) is 0 Å². The summed E-state index contributed by atoms with van der Waals surface area (Å²) in [6.07, 6.45) is 7.15. The highest BCUT2D eigenvalue weighted by atomic mass is 16.7. The van der Waals surface area contributed by atoms with Crippen LogP contribution in [0.3, 0.4) is 0 Å². The van der Waals surface area contributed by atoms with Crippen molar-refractivity contribution in [3.05, 3.63) is 25.3 Å². The SMILES string of the molecule is C=CCCC[C@H](C)OC(=O)CC(=O)[C@@H]1C[C@@H](OCOC)C[C@H]1C=C. The first-order valence-electron chi connectivity index (χ1n) is 8.58. The Hall–Kier alpha value is -1.46. The number of rotatable bonds is 12. The van der Waals surface area contributed by atoms with E-state index in [0.29, 0.717) is 6.42 Å². The van der Waals surface area contributed by atoms with Crippen LogP contribution in [-0.2, 0) is 23.8 Å². The first kappa shape index (κ1) is 20.6. The van der Waals surface area contributed by atoms with Crippen LogP contribution in [0.25, 0.3) is 0 Å². The number of hydrogen-bond acceptors (Lipinski definition) is 5. The fourth-order valence-electron chi connectivity index (χ4n) is 3.10. The van der Waals surface area contributed by atoms with Gasteiger partial charge in [0.15, 0.2) is 0 Å². The summed E-state index contributed by atoms with van der Waals surface area (Å²) < 4.78 is 15.8. The Kier molecular flexibility index (Phi) is 9.57. The second kappa shape index (κ2) is 11.2. The molecule has 1 aliphatic carbocycles. The summed E-state index contributed by atoms with van der Waals surface area (Å²) in [5, 5.41) is 0. The predicted molar refractivity (Wildman–Crippen MR) is 92.4 cm³/mol. The van der Waals surface area contributed by atoms with Crippen LogP contribution >= 0.6 is 0 Å². The Morgan fingerprint density at radius 3 is 2.67 bits per heavy atom. The first-order chi connectivity index (χ1) is 11.5. The number of carbonyl (C=O) groups excluding carboxylic acids is 2. The van der Waals surface area contributed by atoms with E-state index < -0.39 is 5.97 Å². The van der Waals surface area contributed by atoms with Crippen molar-refractivity contribution >= 4 is 11.8 Å². The number of ketones is 1. The first-order valence-corrected chi connectivity index (χ1v) is 8.58. The highest BCUT2D eigenvalue weighted by Crippen LogP contribution is 2.36. The van der Waals surface area contributed by atoms with Crippen molar-refractivity contribution in [1.29, 1.82) is 0 Å². The molecule has 1 aliphatic rings. The van der Waals surface area contributed by atoms with Crippen LogP contribution in [0, 0.1) is 11.8 Å². The number of ether oxygens (including phenoxy) is 3. The predicted octanol–water partition coefficient (Wildman–Crippen LogP) is 3.43. The third kappa shape index (κ3) is 6.97. The van der Waals surface area contributed by atoms with Gasteiger partial charge in [-0.25, -0.2) is 0 Å². The van der Waals surface area contributed by atoms with Gasteiger partial charge in [-0.3, -0.25) is 9.59 Å². The summed E-state index contributed by atoms with van der Waals surface area (Å²) in [7, 11) is 1.56. The number of allylic oxidation sites excluding steroid dienone is 2. The topological polar surface area (TPSA) is 61.8 Å². The van der Waals surface area contributed by atoms with E-state index in [9.17, 15) is 9.59 Å². The number of carbonyl (C=O) groups is 2. The van der Waals surface area contributed by atoms with E-state index in [4.69, 9.17) is 14.2 Å². The smallest absolute Gasteiger partial charge is 0.313 e. The summed E-state index contributed by atoms with van der Waals surface area (Å²) in [6.45, 7) is 9.52. The van der Waals surface area contributed by atoms with Crippen molar-refractivity contribution in [1.82, 2.24) is 0 Å². The zero-order chi connectivity index (χ0) is 17.9. The lowest BCUT2D eigenvalue weighted by molar-refractivity contribution is -0.151. The molecule has 0 aromatic heterocycles. The van der Waals surface area contributed by atoms with Crippen molar-refractivity contribution in [2.24, 2.45) is 11.8 Å². The van der Waals surface area contributed by atoms with E-state index in [1.54, 1.807) is 13.2 Å². The molecule has 5 heteroatoms. The highest BCUT2D eigenvalue weighted by molar-refractivity contribution is 5.97. The van der Waals surface area contributed by atoms with Gasteiger partial charge in [-0.15, -0.1) is 13.2 Å². The quantitative estimate of drug-likeness (QED) is 0.179. The molecule has 136 valence electrons. The van der Waals surface area contributed by atoms with Gasteiger partial charge in [-0.1, -0.05) is 12.2 Å². The molecule has 0 aromatic carbocycles. The Morgan fingerprint density at radius 1 is 1.29 bits per heavy atom. The zero-order valence-electron chi connectivity index (χ0n) is 14.9. The van der Waals surface area contributed by atoms with E-state index in [-0.39, 0.29) is 43.0 Å². The lowest BCUT2D eigenvalue weighted by Gasteiger charge is -2.16. The average molecular weight is 338 g/mol. The Balaban J connectivity index is 2.43. The van der Waals surface area contributed by atoms with Crippen molar-refractivity contribution in [2.75, 3.05) is 13.9 Å². The van der Waals surface area contributed by atoms with E-state index in [0.717, 1.165) is 25.7 Å². The maximum Gasteiger partial charge on any atom is 0.313 e. The maximum atomic E-state index is 12.4. The van der Waals surface area contributed by atoms with Crippen molar-refractivity contribution in [3.8, 4) is 0 Å². The minimum Gasteiger partial charge on any atom is -0.462 e. The van der Waals surface area contributed by atoms with Crippen LogP contribution < -0.4 is 0 Å². The molecule has 0 spiro atoms. The van der Waals surface area contributed by atoms with Crippen molar-refractivity contribution in [2.45, 2.75) is 57.7 Å². The molecule has 0 bridgehead atoms. The van der Waals surface area contributed by atoms with Crippen molar-refractivity contribution in [3.63, 3.8) is 0 Å². The van der Waals surface area contributed by atoms with Gasteiger partial charge in [0.1, 0.15) is 19.0 Å². The molecule has 0 aliphatic heterocycles. The molecule has 0 heterocycles.